The highest BCUT2D eigenvalue weighted by atomic mass is 32.2. The summed E-state index contributed by atoms with van der Waals surface area (Å²) in [5, 5.41) is 23.6. The molecule has 0 radical (unpaired) electrons. The van der Waals surface area contributed by atoms with E-state index < -0.39 is 0 Å². The summed E-state index contributed by atoms with van der Waals surface area (Å²) in [6.45, 7) is 0. The summed E-state index contributed by atoms with van der Waals surface area (Å²) >= 11 is 14.2. The number of thioether (sulfide) groups is 2. The fourth-order valence-corrected chi connectivity index (χ4v) is 6.08. The summed E-state index contributed by atoms with van der Waals surface area (Å²) in [5.74, 6) is 1.21. The van der Waals surface area contributed by atoms with Crippen molar-refractivity contribution in [1.29, 1.82) is 0 Å². The summed E-state index contributed by atoms with van der Waals surface area (Å²) in [6.07, 6.45) is 4.09. The first-order chi connectivity index (χ1) is 23.2. The minimum Gasteiger partial charge on any atom is -0.377 e. The minimum atomic E-state index is 0.468. The Morgan fingerprint density at radius 2 is 1.06 bits per heavy atom. The molecular formula is C34H36N8O2S4. The fourth-order valence-electron chi connectivity index (χ4n) is 4.78. The topological polar surface area (TPSA) is 107 Å². The molecule has 0 unspecified atom stereocenters. The molecule has 2 aromatic heterocycles. The van der Waals surface area contributed by atoms with Gasteiger partial charge in [0.05, 0.1) is 22.1 Å². The van der Waals surface area contributed by atoms with Crippen LogP contribution >= 0.6 is 48.0 Å². The number of fused-ring (bicyclic) bond motifs is 2. The molecule has 0 aliphatic heterocycles. The van der Waals surface area contributed by atoms with Crippen LogP contribution in [0, 0.1) is 0 Å². The number of hydrogen-bond acceptors (Lipinski definition) is 10. The number of rotatable bonds is 8. The molecular weight excluding hydrogens is 681 g/mol. The van der Waals surface area contributed by atoms with Crippen molar-refractivity contribution in [1.82, 2.24) is 10.3 Å². The summed E-state index contributed by atoms with van der Waals surface area (Å²) in [4.78, 5) is 6.41. The second-order valence-electron chi connectivity index (χ2n) is 10.8. The number of benzene rings is 4. The smallest absolute Gasteiger partial charge is 0.185 e. The van der Waals surface area contributed by atoms with E-state index >= 15 is 0 Å². The van der Waals surface area contributed by atoms with Gasteiger partial charge in [-0.05, 0) is 104 Å². The molecule has 0 amide bonds. The SMILES string of the molecule is CSc1ccc(NC(=S)Nc2noc3cccc(N(C)C)c23)cc1.CSc1cccc(NC(=S)Nc2noc3cccc(N(C)C)c23)c1. The highest BCUT2D eigenvalue weighted by Gasteiger charge is 2.16. The number of nitrogens with one attached hydrogen (secondary N) is 4. The highest BCUT2D eigenvalue weighted by Crippen LogP contribution is 2.33. The zero-order valence-corrected chi connectivity index (χ0v) is 30.6. The molecule has 0 saturated heterocycles. The van der Waals surface area contributed by atoms with Gasteiger partial charge in [0.2, 0.25) is 0 Å². The van der Waals surface area contributed by atoms with Crippen molar-refractivity contribution in [2.24, 2.45) is 0 Å². The van der Waals surface area contributed by atoms with Gasteiger partial charge in [0, 0.05) is 49.4 Å². The van der Waals surface area contributed by atoms with Gasteiger partial charge >= 0.3 is 0 Å². The van der Waals surface area contributed by atoms with Gasteiger partial charge < -0.3 is 40.1 Å². The summed E-state index contributed by atoms with van der Waals surface area (Å²) in [6, 6.07) is 27.8. The highest BCUT2D eigenvalue weighted by molar-refractivity contribution is 7.98. The lowest BCUT2D eigenvalue weighted by Crippen LogP contribution is -2.19. The molecule has 14 heteroatoms. The monoisotopic (exact) mass is 716 g/mol. The van der Waals surface area contributed by atoms with E-state index in [1.807, 2.05) is 129 Å². The predicted molar refractivity (Wildman–Crippen MR) is 213 cm³/mol. The molecule has 0 spiro atoms. The Bertz CT molecular complexity index is 2030. The zero-order chi connectivity index (χ0) is 34.2. The van der Waals surface area contributed by atoms with Crippen molar-refractivity contribution >= 4 is 115 Å². The van der Waals surface area contributed by atoms with E-state index in [1.54, 1.807) is 23.5 Å². The third-order valence-electron chi connectivity index (χ3n) is 7.06. The Morgan fingerprint density at radius 3 is 1.54 bits per heavy atom. The van der Waals surface area contributed by atoms with Crippen molar-refractivity contribution in [2.75, 3.05) is 71.8 Å². The van der Waals surface area contributed by atoms with Crippen molar-refractivity contribution in [2.45, 2.75) is 9.79 Å². The second-order valence-corrected chi connectivity index (χ2v) is 13.3. The van der Waals surface area contributed by atoms with Crippen LogP contribution in [0.25, 0.3) is 21.9 Å². The van der Waals surface area contributed by atoms with Crippen LogP contribution in [0.5, 0.6) is 0 Å². The van der Waals surface area contributed by atoms with E-state index in [1.165, 1.54) is 9.79 Å². The largest absolute Gasteiger partial charge is 0.377 e. The average molecular weight is 717 g/mol. The first-order valence-corrected chi connectivity index (χ1v) is 18.0. The Kier molecular flexibility index (Phi) is 11.7. The summed E-state index contributed by atoms with van der Waals surface area (Å²) in [5.41, 5.74) is 5.32. The summed E-state index contributed by atoms with van der Waals surface area (Å²) < 4.78 is 10.8. The molecule has 0 atom stereocenters. The molecule has 4 aromatic carbocycles. The van der Waals surface area contributed by atoms with E-state index in [-0.39, 0.29) is 0 Å². The lowest BCUT2D eigenvalue weighted by molar-refractivity contribution is 0.460. The third kappa shape index (κ3) is 8.50. The Balaban J connectivity index is 0.000000188. The minimum absolute atomic E-state index is 0.468. The molecule has 0 aliphatic carbocycles. The molecule has 10 nitrogen and oxygen atoms in total. The molecule has 48 heavy (non-hydrogen) atoms. The van der Waals surface area contributed by atoms with Crippen molar-refractivity contribution < 1.29 is 9.05 Å². The number of aromatic nitrogens is 2. The molecule has 248 valence electrons. The van der Waals surface area contributed by atoms with Crippen LogP contribution in [0.3, 0.4) is 0 Å². The first kappa shape index (κ1) is 34.8. The van der Waals surface area contributed by atoms with E-state index in [0.29, 0.717) is 21.9 Å². The average Bonchev–Trinajstić information content (AvgIpc) is 3.69. The maximum Gasteiger partial charge on any atom is 0.185 e. The standard InChI is InChI=1S/2C17H18N4OS2/c1-21(2)13-8-5-9-14-15(13)16(20-22-14)19-17(23)18-11-6-4-7-12(10-11)24-3;1-21(2)13-5-4-6-14-15(13)16(20-22-14)19-17(23)18-11-7-9-12(24-3)10-8-11/h2*4-10H,1-3H3,(H2,18,19,20,23). The Hall–Kier alpha value is -4.50. The Morgan fingerprint density at radius 1 is 0.583 bits per heavy atom. The van der Waals surface area contributed by atoms with Gasteiger partial charge in [-0.2, -0.15) is 0 Å². The molecule has 0 bridgehead atoms. The fraction of sp³-hybridized carbons (Fsp3) is 0.176. The van der Waals surface area contributed by atoms with Crippen molar-refractivity contribution in [3.05, 3.63) is 84.9 Å². The van der Waals surface area contributed by atoms with Crippen LogP contribution < -0.4 is 31.1 Å². The summed E-state index contributed by atoms with van der Waals surface area (Å²) in [7, 11) is 7.93. The van der Waals surface area contributed by atoms with Crippen LogP contribution in [-0.2, 0) is 0 Å². The van der Waals surface area contributed by atoms with E-state index in [4.69, 9.17) is 33.5 Å². The van der Waals surface area contributed by atoms with Gasteiger partial charge in [-0.1, -0.05) is 28.5 Å². The molecule has 2 heterocycles. The van der Waals surface area contributed by atoms with Crippen molar-refractivity contribution in [3.63, 3.8) is 0 Å². The maximum absolute atomic E-state index is 5.41. The number of anilines is 6. The zero-order valence-electron chi connectivity index (χ0n) is 27.3. The molecule has 0 aliphatic rings. The molecule has 0 saturated carbocycles. The Labute approximate surface area is 299 Å². The van der Waals surface area contributed by atoms with Crippen LogP contribution in [0.1, 0.15) is 0 Å². The first-order valence-electron chi connectivity index (χ1n) is 14.7. The van der Waals surface area contributed by atoms with Gasteiger partial charge in [-0.3, -0.25) is 0 Å². The number of hydrogen-bond donors (Lipinski definition) is 4. The van der Waals surface area contributed by atoms with Crippen LogP contribution in [0.15, 0.2) is 104 Å². The van der Waals surface area contributed by atoms with Crippen LogP contribution in [0.2, 0.25) is 0 Å². The van der Waals surface area contributed by atoms with Gasteiger partial charge in [0.25, 0.3) is 0 Å². The normalized spacial score (nSPS) is 10.6. The predicted octanol–water partition coefficient (Wildman–Crippen LogP) is 8.85. The molecule has 6 rings (SSSR count). The second kappa shape index (κ2) is 16.1. The number of nitrogens with zero attached hydrogens (tertiary/aromatic N) is 4. The maximum atomic E-state index is 5.41. The van der Waals surface area contributed by atoms with Crippen LogP contribution in [-0.4, -0.2) is 61.2 Å². The molecule has 0 fully saturated rings. The molecule has 4 N–H and O–H groups in total. The molecule has 6 aromatic rings. The van der Waals surface area contributed by atoms with Gasteiger partial charge in [0.15, 0.2) is 33.0 Å². The van der Waals surface area contributed by atoms with E-state index in [0.717, 1.165) is 44.7 Å². The van der Waals surface area contributed by atoms with Gasteiger partial charge in [-0.25, -0.2) is 0 Å². The van der Waals surface area contributed by atoms with E-state index in [2.05, 4.69) is 37.6 Å². The number of thiocarbonyl (C=S) groups is 2. The van der Waals surface area contributed by atoms with Gasteiger partial charge in [-0.15, -0.1) is 23.5 Å². The van der Waals surface area contributed by atoms with Crippen molar-refractivity contribution in [3.8, 4) is 0 Å². The lowest BCUT2D eigenvalue weighted by Gasteiger charge is -2.14. The van der Waals surface area contributed by atoms with Crippen LogP contribution in [0.4, 0.5) is 34.4 Å². The third-order valence-corrected chi connectivity index (χ3v) is 8.93. The lowest BCUT2D eigenvalue weighted by atomic mass is 10.2. The quantitative estimate of drug-likeness (QED) is 0.0890. The van der Waals surface area contributed by atoms with E-state index in [9.17, 15) is 0 Å². The van der Waals surface area contributed by atoms with Gasteiger partial charge in [0.1, 0.15) is 0 Å².